The average Bonchev–Trinajstić information content (AvgIpc) is 2.35. The standard InChI is InChI=1S/C8H9ClO3/c1-5(9)7(10)4-6-2-3-8(11)12-6/h2-5,7,10H,1H3/t5-,7+/m0/s1. The zero-order chi connectivity index (χ0) is 9.14. The zero-order valence-electron chi connectivity index (χ0n) is 6.53. The van der Waals surface area contributed by atoms with Gasteiger partial charge in [-0.3, -0.25) is 0 Å². The second-order valence-corrected chi connectivity index (χ2v) is 3.18. The summed E-state index contributed by atoms with van der Waals surface area (Å²) in [5, 5.41) is 8.84. The number of alkyl halides is 1. The summed E-state index contributed by atoms with van der Waals surface area (Å²) < 4.78 is 4.67. The Morgan fingerprint density at radius 2 is 2.33 bits per heavy atom. The zero-order valence-corrected chi connectivity index (χ0v) is 7.28. The van der Waals surface area contributed by atoms with Crippen molar-refractivity contribution in [3.05, 3.63) is 24.0 Å². The van der Waals surface area contributed by atoms with Gasteiger partial charge in [0.1, 0.15) is 5.76 Å². The second-order valence-electron chi connectivity index (χ2n) is 2.49. The second kappa shape index (κ2) is 3.74. The van der Waals surface area contributed by atoms with Crippen molar-refractivity contribution < 1.29 is 14.6 Å². The average molecular weight is 189 g/mol. The van der Waals surface area contributed by atoms with Crippen LogP contribution in [0.1, 0.15) is 6.92 Å². The Labute approximate surface area is 75.3 Å². The maximum absolute atomic E-state index is 10.5. The minimum Gasteiger partial charge on any atom is -0.424 e. The molecule has 0 aromatic heterocycles. The molecule has 1 rings (SSSR count). The summed E-state index contributed by atoms with van der Waals surface area (Å²) >= 11 is 5.58. The van der Waals surface area contributed by atoms with Crippen LogP contribution in [0, 0.1) is 0 Å². The third kappa shape index (κ3) is 2.36. The highest BCUT2D eigenvalue weighted by Gasteiger charge is 2.14. The van der Waals surface area contributed by atoms with Crippen molar-refractivity contribution in [2.75, 3.05) is 0 Å². The number of aliphatic hydroxyl groups excluding tert-OH is 1. The van der Waals surface area contributed by atoms with Gasteiger partial charge in [-0.05, 0) is 19.1 Å². The molecule has 3 nitrogen and oxygen atoms in total. The minimum atomic E-state index is -0.794. The van der Waals surface area contributed by atoms with E-state index in [4.69, 9.17) is 11.6 Å². The third-order valence-electron chi connectivity index (χ3n) is 1.41. The van der Waals surface area contributed by atoms with Crippen LogP contribution in [0.15, 0.2) is 24.0 Å². The van der Waals surface area contributed by atoms with E-state index in [1.54, 1.807) is 6.92 Å². The topological polar surface area (TPSA) is 46.5 Å². The lowest BCUT2D eigenvalue weighted by atomic mass is 10.2. The van der Waals surface area contributed by atoms with Crippen molar-refractivity contribution in [2.24, 2.45) is 0 Å². The lowest BCUT2D eigenvalue weighted by Gasteiger charge is -2.07. The van der Waals surface area contributed by atoms with E-state index in [1.165, 1.54) is 18.2 Å². The fraction of sp³-hybridized carbons (Fsp3) is 0.375. The van der Waals surface area contributed by atoms with Crippen molar-refractivity contribution >= 4 is 17.6 Å². The van der Waals surface area contributed by atoms with Crippen molar-refractivity contribution in [1.82, 2.24) is 0 Å². The van der Waals surface area contributed by atoms with Crippen LogP contribution in [-0.4, -0.2) is 22.6 Å². The van der Waals surface area contributed by atoms with Crippen molar-refractivity contribution in [2.45, 2.75) is 18.4 Å². The monoisotopic (exact) mass is 188 g/mol. The van der Waals surface area contributed by atoms with E-state index < -0.39 is 17.5 Å². The Hall–Kier alpha value is -0.800. The molecule has 0 aromatic rings. The molecule has 0 saturated heterocycles. The summed E-state index contributed by atoms with van der Waals surface area (Å²) in [7, 11) is 0. The van der Waals surface area contributed by atoms with E-state index in [1.807, 2.05) is 0 Å². The molecule has 0 aromatic carbocycles. The first kappa shape index (κ1) is 9.29. The lowest BCUT2D eigenvalue weighted by molar-refractivity contribution is -0.132. The summed E-state index contributed by atoms with van der Waals surface area (Å²) in [6, 6.07) is 0. The van der Waals surface area contributed by atoms with Gasteiger partial charge in [0.05, 0.1) is 11.5 Å². The predicted octanol–water partition coefficient (Wildman–Crippen LogP) is 0.972. The first-order valence-corrected chi connectivity index (χ1v) is 3.97. The fourth-order valence-corrected chi connectivity index (χ4v) is 0.798. The highest BCUT2D eigenvalue weighted by molar-refractivity contribution is 6.20. The molecular weight excluding hydrogens is 180 g/mol. The number of carbonyl (C=O) groups is 1. The Morgan fingerprint density at radius 1 is 1.67 bits per heavy atom. The molecule has 66 valence electrons. The summed E-state index contributed by atoms with van der Waals surface area (Å²) in [4.78, 5) is 10.5. The predicted molar refractivity (Wildman–Crippen MR) is 44.6 cm³/mol. The van der Waals surface area contributed by atoms with E-state index >= 15 is 0 Å². The molecule has 1 aliphatic rings. The summed E-state index contributed by atoms with van der Waals surface area (Å²) in [5.41, 5.74) is 0. The number of halogens is 1. The smallest absolute Gasteiger partial charge is 0.336 e. The molecule has 0 saturated carbocycles. The van der Waals surface area contributed by atoms with Gasteiger partial charge in [-0.2, -0.15) is 0 Å². The molecule has 0 unspecified atom stereocenters. The Kier molecular flexibility index (Phi) is 2.89. The number of aliphatic hydroxyl groups is 1. The number of esters is 1. The quantitative estimate of drug-likeness (QED) is 0.519. The highest BCUT2D eigenvalue weighted by atomic mass is 35.5. The van der Waals surface area contributed by atoms with Gasteiger partial charge in [0.2, 0.25) is 0 Å². The summed E-state index contributed by atoms with van der Waals surface area (Å²) in [6.45, 7) is 1.66. The van der Waals surface area contributed by atoms with Crippen LogP contribution in [0.25, 0.3) is 0 Å². The highest BCUT2D eigenvalue weighted by Crippen LogP contribution is 2.12. The Morgan fingerprint density at radius 3 is 2.75 bits per heavy atom. The number of ether oxygens (including phenoxy) is 1. The van der Waals surface area contributed by atoms with Gasteiger partial charge in [0.25, 0.3) is 0 Å². The van der Waals surface area contributed by atoms with E-state index in [0.717, 1.165) is 0 Å². The molecule has 0 aliphatic carbocycles. The normalized spacial score (nSPS) is 24.2. The number of rotatable bonds is 2. The van der Waals surface area contributed by atoms with Crippen LogP contribution in [-0.2, 0) is 9.53 Å². The summed E-state index contributed by atoms with van der Waals surface area (Å²) in [5.74, 6) is -0.0734. The van der Waals surface area contributed by atoms with Gasteiger partial charge < -0.3 is 9.84 Å². The molecule has 0 spiro atoms. The molecule has 4 heteroatoms. The number of allylic oxidation sites excluding steroid dienone is 1. The van der Waals surface area contributed by atoms with Crippen LogP contribution in [0.2, 0.25) is 0 Å². The van der Waals surface area contributed by atoms with Crippen LogP contribution < -0.4 is 0 Å². The van der Waals surface area contributed by atoms with Crippen molar-refractivity contribution in [1.29, 1.82) is 0 Å². The van der Waals surface area contributed by atoms with Gasteiger partial charge in [0.15, 0.2) is 0 Å². The van der Waals surface area contributed by atoms with Crippen LogP contribution in [0.3, 0.4) is 0 Å². The maximum atomic E-state index is 10.5. The van der Waals surface area contributed by atoms with E-state index in [9.17, 15) is 9.90 Å². The first-order valence-electron chi connectivity index (χ1n) is 3.53. The number of carbonyl (C=O) groups excluding carboxylic acids is 1. The SMILES string of the molecule is C[C@H](Cl)[C@H](O)C=C1C=CC(=O)O1. The lowest BCUT2D eigenvalue weighted by Crippen LogP contribution is -2.14. The van der Waals surface area contributed by atoms with Crippen LogP contribution in [0.4, 0.5) is 0 Å². The maximum Gasteiger partial charge on any atom is 0.336 e. The number of hydrogen-bond donors (Lipinski definition) is 1. The van der Waals surface area contributed by atoms with Crippen molar-refractivity contribution in [3.8, 4) is 0 Å². The van der Waals surface area contributed by atoms with Gasteiger partial charge >= 0.3 is 5.97 Å². The Bertz CT molecular complexity index is 243. The van der Waals surface area contributed by atoms with Crippen LogP contribution in [0.5, 0.6) is 0 Å². The minimum absolute atomic E-state index is 0.347. The van der Waals surface area contributed by atoms with Crippen molar-refractivity contribution in [3.63, 3.8) is 0 Å². The molecule has 0 bridgehead atoms. The molecule has 0 radical (unpaired) electrons. The summed E-state index contributed by atoms with van der Waals surface area (Å²) in [6.07, 6.45) is 3.39. The van der Waals surface area contributed by atoms with Gasteiger partial charge in [0, 0.05) is 6.08 Å². The molecule has 1 heterocycles. The molecule has 12 heavy (non-hydrogen) atoms. The van der Waals surface area contributed by atoms with Crippen LogP contribution >= 0.6 is 11.6 Å². The largest absolute Gasteiger partial charge is 0.424 e. The molecule has 1 N–H and O–H groups in total. The van der Waals surface area contributed by atoms with E-state index in [0.29, 0.717) is 5.76 Å². The molecule has 2 atom stereocenters. The molecular formula is C8H9ClO3. The van der Waals surface area contributed by atoms with E-state index in [-0.39, 0.29) is 0 Å². The van der Waals surface area contributed by atoms with Gasteiger partial charge in [-0.1, -0.05) is 0 Å². The fourth-order valence-electron chi connectivity index (χ4n) is 0.725. The molecule has 1 aliphatic heterocycles. The first-order chi connectivity index (χ1) is 5.59. The number of cyclic esters (lactones) is 1. The van der Waals surface area contributed by atoms with Gasteiger partial charge in [-0.25, -0.2) is 4.79 Å². The molecule has 0 fully saturated rings. The molecule has 0 amide bonds. The van der Waals surface area contributed by atoms with E-state index in [2.05, 4.69) is 4.74 Å². The number of hydrogen-bond acceptors (Lipinski definition) is 3. The Balaban J connectivity index is 2.59. The van der Waals surface area contributed by atoms with Gasteiger partial charge in [-0.15, -0.1) is 11.6 Å². The third-order valence-corrected chi connectivity index (χ3v) is 1.67.